The van der Waals surface area contributed by atoms with Crippen LogP contribution in [0.5, 0.6) is 0 Å². The van der Waals surface area contributed by atoms with Gasteiger partial charge in [0.05, 0.1) is 11.9 Å². The van der Waals surface area contributed by atoms with Crippen molar-refractivity contribution in [3.05, 3.63) is 90.1 Å². The SMILES string of the molecule is CC(Nc1ccc(NC(=O)CCc2ccccc2)cn1)c1ccccc1. The van der Waals surface area contributed by atoms with Crippen molar-refractivity contribution in [1.29, 1.82) is 0 Å². The summed E-state index contributed by atoms with van der Waals surface area (Å²) in [5.74, 6) is 0.776. The zero-order valence-corrected chi connectivity index (χ0v) is 14.9. The van der Waals surface area contributed by atoms with Crippen molar-refractivity contribution in [2.75, 3.05) is 10.6 Å². The Hall–Kier alpha value is -3.14. The summed E-state index contributed by atoms with van der Waals surface area (Å²) < 4.78 is 0. The molecule has 3 aromatic rings. The third-order valence-corrected chi connectivity index (χ3v) is 4.19. The van der Waals surface area contributed by atoms with Crippen LogP contribution in [0, 0.1) is 0 Å². The maximum absolute atomic E-state index is 12.1. The molecule has 4 heteroatoms. The highest BCUT2D eigenvalue weighted by Crippen LogP contribution is 2.18. The van der Waals surface area contributed by atoms with Gasteiger partial charge in [-0.25, -0.2) is 4.98 Å². The van der Waals surface area contributed by atoms with E-state index in [4.69, 9.17) is 0 Å². The minimum absolute atomic E-state index is 0.00554. The average Bonchev–Trinajstić information content (AvgIpc) is 2.69. The average molecular weight is 345 g/mol. The van der Waals surface area contributed by atoms with Gasteiger partial charge >= 0.3 is 0 Å². The number of rotatable bonds is 7. The van der Waals surface area contributed by atoms with Crippen molar-refractivity contribution < 1.29 is 4.79 Å². The zero-order valence-electron chi connectivity index (χ0n) is 14.9. The summed E-state index contributed by atoms with van der Waals surface area (Å²) in [6.07, 6.45) is 2.86. The standard InChI is InChI=1S/C22H23N3O/c1-17(19-10-6-3-7-11-19)24-21-14-13-20(16-23-21)25-22(26)15-12-18-8-4-2-5-9-18/h2-11,13-14,16-17H,12,15H2,1H3,(H,23,24)(H,25,26). The second-order valence-electron chi connectivity index (χ2n) is 6.24. The lowest BCUT2D eigenvalue weighted by molar-refractivity contribution is -0.116. The molecular weight excluding hydrogens is 322 g/mol. The summed E-state index contributed by atoms with van der Waals surface area (Å²) in [6, 6.07) is 24.1. The molecule has 2 N–H and O–H groups in total. The number of pyridine rings is 1. The van der Waals surface area contributed by atoms with Gasteiger partial charge in [-0.1, -0.05) is 60.7 Å². The number of hydrogen-bond donors (Lipinski definition) is 2. The van der Waals surface area contributed by atoms with Crippen LogP contribution >= 0.6 is 0 Å². The molecule has 1 amide bonds. The second kappa shape index (κ2) is 8.81. The highest BCUT2D eigenvalue weighted by Gasteiger charge is 2.07. The summed E-state index contributed by atoms with van der Waals surface area (Å²) in [4.78, 5) is 16.5. The summed E-state index contributed by atoms with van der Waals surface area (Å²) in [5.41, 5.74) is 3.07. The molecule has 3 rings (SSSR count). The molecule has 1 aromatic heterocycles. The molecule has 0 fully saturated rings. The van der Waals surface area contributed by atoms with Crippen LogP contribution in [0.2, 0.25) is 0 Å². The first-order valence-electron chi connectivity index (χ1n) is 8.82. The van der Waals surface area contributed by atoms with Crippen molar-refractivity contribution >= 4 is 17.4 Å². The molecule has 0 radical (unpaired) electrons. The molecule has 0 aliphatic rings. The van der Waals surface area contributed by atoms with Crippen LogP contribution in [0.4, 0.5) is 11.5 Å². The molecule has 0 saturated heterocycles. The number of carbonyl (C=O) groups is 1. The molecule has 2 aromatic carbocycles. The maximum Gasteiger partial charge on any atom is 0.224 e. The van der Waals surface area contributed by atoms with Gasteiger partial charge in [-0.3, -0.25) is 4.79 Å². The molecule has 1 atom stereocenters. The molecule has 132 valence electrons. The van der Waals surface area contributed by atoms with Crippen molar-refractivity contribution in [1.82, 2.24) is 4.98 Å². The van der Waals surface area contributed by atoms with E-state index in [2.05, 4.69) is 34.7 Å². The first-order chi connectivity index (χ1) is 12.7. The number of nitrogens with zero attached hydrogens (tertiary/aromatic N) is 1. The smallest absolute Gasteiger partial charge is 0.224 e. The fourth-order valence-corrected chi connectivity index (χ4v) is 2.73. The van der Waals surface area contributed by atoms with E-state index >= 15 is 0 Å². The Balaban J connectivity index is 1.50. The predicted octanol–water partition coefficient (Wildman–Crippen LogP) is 4.83. The van der Waals surface area contributed by atoms with E-state index in [1.165, 1.54) is 5.56 Å². The number of aryl methyl sites for hydroxylation is 1. The van der Waals surface area contributed by atoms with Crippen LogP contribution in [-0.4, -0.2) is 10.9 Å². The molecular formula is C22H23N3O. The van der Waals surface area contributed by atoms with E-state index in [9.17, 15) is 4.79 Å². The lowest BCUT2D eigenvalue weighted by atomic mass is 10.1. The van der Waals surface area contributed by atoms with Gasteiger partial charge in [0.1, 0.15) is 5.82 Å². The second-order valence-corrected chi connectivity index (χ2v) is 6.24. The number of aromatic nitrogens is 1. The number of amides is 1. The van der Waals surface area contributed by atoms with Crippen LogP contribution in [0.3, 0.4) is 0 Å². The Morgan fingerprint density at radius 1 is 0.962 bits per heavy atom. The predicted molar refractivity (Wildman–Crippen MR) is 106 cm³/mol. The van der Waals surface area contributed by atoms with Gasteiger partial charge in [0.15, 0.2) is 0 Å². The summed E-state index contributed by atoms with van der Waals surface area (Å²) in [6.45, 7) is 2.09. The van der Waals surface area contributed by atoms with Gasteiger partial charge in [0.2, 0.25) is 5.91 Å². The van der Waals surface area contributed by atoms with Gasteiger partial charge < -0.3 is 10.6 Å². The van der Waals surface area contributed by atoms with Crippen LogP contribution in [0.1, 0.15) is 30.5 Å². The van der Waals surface area contributed by atoms with Crippen molar-refractivity contribution in [3.8, 4) is 0 Å². The number of hydrogen-bond acceptors (Lipinski definition) is 3. The minimum atomic E-state index is -0.00554. The molecule has 1 unspecified atom stereocenters. The molecule has 0 aliphatic heterocycles. The van der Waals surface area contributed by atoms with E-state index in [0.29, 0.717) is 12.1 Å². The van der Waals surface area contributed by atoms with E-state index in [0.717, 1.165) is 17.8 Å². The van der Waals surface area contributed by atoms with Crippen LogP contribution in [0.25, 0.3) is 0 Å². The summed E-state index contributed by atoms with van der Waals surface area (Å²) >= 11 is 0. The maximum atomic E-state index is 12.1. The minimum Gasteiger partial charge on any atom is -0.364 e. The van der Waals surface area contributed by atoms with E-state index in [-0.39, 0.29) is 11.9 Å². The normalized spacial score (nSPS) is 11.6. The summed E-state index contributed by atoms with van der Waals surface area (Å²) in [5, 5.41) is 6.26. The van der Waals surface area contributed by atoms with Gasteiger partial charge in [-0.15, -0.1) is 0 Å². The van der Waals surface area contributed by atoms with Crippen LogP contribution in [0.15, 0.2) is 79.0 Å². The van der Waals surface area contributed by atoms with Crippen LogP contribution < -0.4 is 10.6 Å². The molecule has 26 heavy (non-hydrogen) atoms. The number of nitrogens with one attached hydrogen (secondary N) is 2. The van der Waals surface area contributed by atoms with E-state index < -0.39 is 0 Å². The Labute approximate surface area is 154 Å². The first-order valence-corrected chi connectivity index (χ1v) is 8.82. The third kappa shape index (κ3) is 5.18. The zero-order chi connectivity index (χ0) is 18.2. The van der Waals surface area contributed by atoms with Gasteiger partial charge in [-0.2, -0.15) is 0 Å². The molecule has 0 aliphatic carbocycles. The largest absolute Gasteiger partial charge is 0.364 e. The van der Waals surface area contributed by atoms with Gasteiger partial charge in [0, 0.05) is 12.5 Å². The molecule has 0 saturated carbocycles. The van der Waals surface area contributed by atoms with Gasteiger partial charge in [0.25, 0.3) is 0 Å². The molecule has 1 heterocycles. The Morgan fingerprint density at radius 3 is 2.31 bits per heavy atom. The van der Waals surface area contributed by atoms with E-state index in [1.807, 2.05) is 60.7 Å². The number of carbonyl (C=O) groups excluding carboxylic acids is 1. The first kappa shape index (κ1) is 17.7. The van der Waals surface area contributed by atoms with Crippen molar-refractivity contribution in [2.45, 2.75) is 25.8 Å². The fraction of sp³-hybridized carbons (Fsp3) is 0.182. The van der Waals surface area contributed by atoms with Crippen LogP contribution in [-0.2, 0) is 11.2 Å². The highest BCUT2D eigenvalue weighted by atomic mass is 16.1. The van der Waals surface area contributed by atoms with Crippen molar-refractivity contribution in [3.63, 3.8) is 0 Å². The fourth-order valence-electron chi connectivity index (χ4n) is 2.73. The lowest BCUT2D eigenvalue weighted by Gasteiger charge is -2.15. The highest BCUT2D eigenvalue weighted by molar-refractivity contribution is 5.90. The monoisotopic (exact) mass is 345 g/mol. The Kier molecular flexibility index (Phi) is 5.99. The molecule has 4 nitrogen and oxygen atoms in total. The third-order valence-electron chi connectivity index (χ3n) is 4.19. The topological polar surface area (TPSA) is 54.0 Å². The Bertz CT molecular complexity index is 817. The van der Waals surface area contributed by atoms with Crippen molar-refractivity contribution in [2.24, 2.45) is 0 Å². The Morgan fingerprint density at radius 2 is 1.65 bits per heavy atom. The molecule has 0 spiro atoms. The molecule has 0 bridgehead atoms. The van der Waals surface area contributed by atoms with Gasteiger partial charge in [-0.05, 0) is 36.6 Å². The quantitative estimate of drug-likeness (QED) is 0.645. The van der Waals surface area contributed by atoms with E-state index in [1.54, 1.807) is 6.20 Å². The summed E-state index contributed by atoms with van der Waals surface area (Å²) in [7, 11) is 0. The lowest BCUT2D eigenvalue weighted by Crippen LogP contribution is -2.13. The number of benzene rings is 2. The number of anilines is 2.